The van der Waals surface area contributed by atoms with Crippen molar-refractivity contribution in [2.75, 3.05) is 13.7 Å². The van der Waals surface area contributed by atoms with Crippen molar-refractivity contribution >= 4 is 27.3 Å². The third-order valence-corrected chi connectivity index (χ3v) is 7.13. The molecule has 1 amide bonds. The molecule has 7 nitrogen and oxygen atoms in total. The van der Waals surface area contributed by atoms with E-state index in [-0.39, 0.29) is 29.5 Å². The third kappa shape index (κ3) is 7.05. The van der Waals surface area contributed by atoms with Crippen LogP contribution >= 0.6 is 11.3 Å². The molecule has 0 radical (unpaired) electrons. The summed E-state index contributed by atoms with van der Waals surface area (Å²) < 4.78 is 38.9. The number of sulfonamides is 1. The summed E-state index contributed by atoms with van der Waals surface area (Å²) in [5.41, 5.74) is 1.10. The van der Waals surface area contributed by atoms with Crippen LogP contribution in [0.25, 0.3) is 0 Å². The lowest BCUT2D eigenvalue weighted by Gasteiger charge is -2.13. The minimum Gasteiger partial charge on any atom is -0.493 e. The Labute approximate surface area is 198 Å². The monoisotopic (exact) mass is 488 g/mol. The van der Waals surface area contributed by atoms with Crippen LogP contribution in [-0.2, 0) is 23.1 Å². The summed E-state index contributed by atoms with van der Waals surface area (Å²) in [6.45, 7) is 3.18. The Kier molecular flexibility index (Phi) is 8.87. The Hall–Kier alpha value is -2.88. The number of thiophene rings is 1. The van der Waals surface area contributed by atoms with Gasteiger partial charge in [-0.2, -0.15) is 0 Å². The van der Waals surface area contributed by atoms with Crippen molar-refractivity contribution in [2.24, 2.45) is 0 Å². The Morgan fingerprint density at radius 3 is 2.61 bits per heavy atom. The molecule has 0 bridgehead atoms. The topological polar surface area (TPSA) is 93.7 Å². The molecule has 0 spiro atoms. The van der Waals surface area contributed by atoms with Gasteiger partial charge < -0.3 is 14.8 Å². The largest absolute Gasteiger partial charge is 0.493 e. The highest BCUT2D eigenvalue weighted by atomic mass is 32.2. The van der Waals surface area contributed by atoms with Crippen LogP contribution in [0, 0.1) is 0 Å². The first-order valence-electron chi connectivity index (χ1n) is 10.6. The van der Waals surface area contributed by atoms with Gasteiger partial charge in [0.25, 0.3) is 5.91 Å². The zero-order valence-corrected chi connectivity index (χ0v) is 20.3. The predicted molar refractivity (Wildman–Crippen MR) is 129 cm³/mol. The number of carbonyl (C=O) groups is 1. The minimum atomic E-state index is -3.74. The maximum atomic E-state index is 12.7. The van der Waals surface area contributed by atoms with Crippen LogP contribution in [0.2, 0.25) is 0 Å². The molecule has 3 aromatic rings. The zero-order valence-electron chi connectivity index (χ0n) is 18.7. The fraction of sp³-hybridized carbons (Fsp3) is 0.292. The Morgan fingerprint density at radius 2 is 1.88 bits per heavy atom. The van der Waals surface area contributed by atoms with Crippen LogP contribution in [0.1, 0.15) is 40.6 Å². The van der Waals surface area contributed by atoms with Crippen molar-refractivity contribution < 1.29 is 22.7 Å². The molecule has 0 fully saturated rings. The molecule has 3 rings (SSSR count). The number of amides is 1. The van der Waals surface area contributed by atoms with Crippen LogP contribution < -0.4 is 19.5 Å². The fourth-order valence-corrected chi connectivity index (χ4v) is 4.81. The van der Waals surface area contributed by atoms with Crippen LogP contribution in [0.5, 0.6) is 11.5 Å². The van der Waals surface area contributed by atoms with E-state index in [1.165, 1.54) is 23.5 Å². The van der Waals surface area contributed by atoms with Gasteiger partial charge in [-0.3, -0.25) is 4.79 Å². The molecule has 1 aromatic heterocycles. The van der Waals surface area contributed by atoms with Gasteiger partial charge in [0.05, 0.1) is 18.6 Å². The molecule has 2 N–H and O–H groups in total. The second kappa shape index (κ2) is 11.8. The normalized spacial score (nSPS) is 11.2. The highest BCUT2D eigenvalue weighted by Crippen LogP contribution is 2.28. The molecule has 0 aliphatic heterocycles. The predicted octanol–water partition coefficient (Wildman–Crippen LogP) is 4.34. The minimum absolute atomic E-state index is 0.0435. The van der Waals surface area contributed by atoms with E-state index in [9.17, 15) is 13.2 Å². The standard InChI is InChI=1S/C24H28N2O5S2/c1-3-4-12-31-22-11-10-18(14-23(22)30-2)16-25-24(27)19-7-5-9-21(15-19)33(28,29)26-17-20-8-6-13-32-20/h5-11,13-15,26H,3-4,12,16-17H2,1-2H3,(H,25,27). The second-order valence-corrected chi connectivity index (χ2v) is 10.1. The quantitative estimate of drug-likeness (QED) is 0.370. The van der Waals surface area contributed by atoms with E-state index in [0.717, 1.165) is 23.3 Å². The van der Waals surface area contributed by atoms with Crippen molar-refractivity contribution in [3.05, 3.63) is 76.0 Å². The SMILES string of the molecule is CCCCOc1ccc(CNC(=O)c2cccc(S(=O)(=O)NCc3cccs3)c2)cc1OC. The van der Waals surface area contributed by atoms with Gasteiger partial charge in [-0.25, -0.2) is 13.1 Å². The lowest BCUT2D eigenvalue weighted by atomic mass is 10.1. The number of hydrogen-bond donors (Lipinski definition) is 2. The molecule has 0 aliphatic rings. The van der Waals surface area contributed by atoms with Gasteiger partial charge in [-0.15, -0.1) is 11.3 Å². The van der Waals surface area contributed by atoms with E-state index < -0.39 is 10.0 Å². The van der Waals surface area contributed by atoms with Gasteiger partial charge in [0.1, 0.15) is 0 Å². The van der Waals surface area contributed by atoms with Gasteiger partial charge >= 0.3 is 0 Å². The number of benzene rings is 2. The lowest BCUT2D eigenvalue weighted by molar-refractivity contribution is 0.0950. The first kappa shape index (κ1) is 24.8. The molecule has 0 atom stereocenters. The van der Waals surface area contributed by atoms with Crippen LogP contribution in [0.3, 0.4) is 0 Å². The van der Waals surface area contributed by atoms with E-state index in [4.69, 9.17) is 9.47 Å². The number of rotatable bonds is 12. The molecule has 0 unspecified atom stereocenters. The third-order valence-electron chi connectivity index (χ3n) is 4.86. The van der Waals surface area contributed by atoms with Crippen molar-refractivity contribution in [1.82, 2.24) is 10.0 Å². The fourth-order valence-electron chi connectivity index (χ4n) is 3.02. The molecule has 2 aromatic carbocycles. The molecule has 33 heavy (non-hydrogen) atoms. The maximum absolute atomic E-state index is 12.7. The zero-order chi connectivity index (χ0) is 23.7. The summed E-state index contributed by atoms with van der Waals surface area (Å²) in [4.78, 5) is 13.6. The smallest absolute Gasteiger partial charge is 0.251 e. The van der Waals surface area contributed by atoms with Crippen LogP contribution in [0.4, 0.5) is 0 Å². The number of carbonyl (C=O) groups excluding carboxylic acids is 1. The summed E-state index contributed by atoms with van der Waals surface area (Å²) in [5, 5.41) is 4.71. The number of methoxy groups -OCH3 is 1. The van der Waals surface area contributed by atoms with Crippen LogP contribution in [-0.4, -0.2) is 28.0 Å². The molecular weight excluding hydrogens is 460 g/mol. The van der Waals surface area contributed by atoms with Gasteiger partial charge in [0.15, 0.2) is 11.5 Å². The van der Waals surface area contributed by atoms with E-state index in [0.29, 0.717) is 18.1 Å². The number of hydrogen-bond acceptors (Lipinski definition) is 6. The summed E-state index contributed by atoms with van der Waals surface area (Å²) >= 11 is 1.47. The summed E-state index contributed by atoms with van der Waals surface area (Å²) in [7, 11) is -2.16. The second-order valence-electron chi connectivity index (χ2n) is 7.30. The molecule has 176 valence electrons. The first-order valence-corrected chi connectivity index (χ1v) is 13.0. The van der Waals surface area contributed by atoms with E-state index >= 15 is 0 Å². The summed E-state index contributed by atoms with van der Waals surface area (Å²) in [6.07, 6.45) is 2.00. The molecule has 0 aliphatic carbocycles. The van der Waals surface area contributed by atoms with E-state index in [1.807, 2.05) is 35.7 Å². The lowest BCUT2D eigenvalue weighted by Crippen LogP contribution is -2.25. The van der Waals surface area contributed by atoms with Gasteiger partial charge in [-0.05, 0) is 53.8 Å². The Balaban J connectivity index is 1.62. The van der Waals surface area contributed by atoms with Gasteiger partial charge in [-0.1, -0.05) is 31.5 Å². The Morgan fingerprint density at radius 1 is 1.03 bits per heavy atom. The molecule has 0 saturated carbocycles. The molecule has 9 heteroatoms. The Bertz CT molecular complexity index is 1160. The first-order chi connectivity index (χ1) is 15.9. The maximum Gasteiger partial charge on any atom is 0.251 e. The van der Waals surface area contributed by atoms with Gasteiger partial charge in [0.2, 0.25) is 10.0 Å². The summed E-state index contributed by atoms with van der Waals surface area (Å²) in [5.74, 6) is 0.893. The van der Waals surface area contributed by atoms with Crippen molar-refractivity contribution in [3.63, 3.8) is 0 Å². The summed E-state index contributed by atoms with van der Waals surface area (Å²) in [6, 6.07) is 15.2. The van der Waals surface area contributed by atoms with Crippen molar-refractivity contribution in [2.45, 2.75) is 37.8 Å². The van der Waals surface area contributed by atoms with Crippen LogP contribution in [0.15, 0.2) is 64.9 Å². The number of ether oxygens (including phenoxy) is 2. The van der Waals surface area contributed by atoms with Crippen molar-refractivity contribution in [1.29, 1.82) is 0 Å². The van der Waals surface area contributed by atoms with Gasteiger partial charge in [0, 0.05) is 23.5 Å². The highest BCUT2D eigenvalue weighted by Gasteiger charge is 2.16. The molecule has 1 heterocycles. The molecular formula is C24H28N2O5S2. The van der Waals surface area contributed by atoms with Crippen molar-refractivity contribution in [3.8, 4) is 11.5 Å². The number of unbranched alkanes of at least 4 members (excludes halogenated alkanes) is 1. The van der Waals surface area contributed by atoms with E-state index in [1.54, 1.807) is 19.2 Å². The number of nitrogens with one attached hydrogen (secondary N) is 2. The highest BCUT2D eigenvalue weighted by molar-refractivity contribution is 7.89. The van der Waals surface area contributed by atoms with E-state index in [2.05, 4.69) is 17.0 Å². The average Bonchev–Trinajstić information content (AvgIpc) is 3.36. The average molecular weight is 489 g/mol. The molecule has 0 saturated heterocycles.